The molecule has 1 unspecified atom stereocenters. The molecule has 1 aliphatic rings. The Morgan fingerprint density at radius 2 is 1.94 bits per heavy atom. The third-order valence-corrected chi connectivity index (χ3v) is 5.75. The van der Waals surface area contributed by atoms with Crippen molar-refractivity contribution in [2.24, 2.45) is 10.9 Å². The number of hydrogen-bond acceptors (Lipinski definition) is 4. The van der Waals surface area contributed by atoms with Crippen LogP contribution in [0.5, 0.6) is 0 Å². The van der Waals surface area contributed by atoms with Crippen LogP contribution >= 0.6 is 0 Å². The van der Waals surface area contributed by atoms with Gasteiger partial charge in [-0.25, -0.2) is 4.98 Å². The quantitative estimate of drug-likeness (QED) is 0.415. The molecule has 2 N–H and O–H groups in total. The fourth-order valence-electron chi connectivity index (χ4n) is 4.15. The van der Waals surface area contributed by atoms with E-state index in [2.05, 4.69) is 82.4 Å². The Morgan fingerprint density at radius 1 is 1.16 bits per heavy atom. The Bertz CT molecular complexity index is 798. The molecule has 2 heterocycles. The molecule has 2 aromatic rings. The van der Waals surface area contributed by atoms with Gasteiger partial charge in [-0.2, -0.15) is 0 Å². The number of aliphatic imine (C=N–C) groups is 1. The maximum atomic E-state index is 5.54. The van der Waals surface area contributed by atoms with Crippen molar-refractivity contribution in [1.82, 2.24) is 25.1 Å². The summed E-state index contributed by atoms with van der Waals surface area (Å²) in [7, 11) is 0. The molecular weight excluding hydrogens is 400 g/mol. The molecule has 0 amide bonds. The van der Waals surface area contributed by atoms with E-state index in [9.17, 15) is 0 Å². The van der Waals surface area contributed by atoms with Gasteiger partial charge in [-0.3, -0.25) is 9.89 Å². The van der Waals surface area contributed by atoms with Crippen LogP contribution in [0.4, 0.5) is 0 Å². The van der Waals surface area contributed by atoms with E-state index < -0.39 is 0 Å². The van der Waals surface area contributed by atoms with Crippen LogP contribution in [0, 0.1) is 5.92 Å². The van der Waals surface area contributed by atoms with Gasteiger partial charge in [-0.1, -0.05) is 44.2 Å². The molecule has 0 saturated carbocycles. The van der Waals surface area contributed by atoms with Crippen molar-refractivity contribution in [3.8, 4) is 0 Å². The number of guanidine groups is 1. The molecule has 176 valence electrons. The lowest BCUT2D eigenvalue weighted by atomic mass is 10.0. The molecule has 0 spiro atoms. The Morgan fingerprint density at radius 3 is 2.66 bits per heavy atom. The number of ether oxygens (including phenoxy) is 1. The standard InChI is InChI=1S/C25H40N6O/c1-4-26-25(29-19-23(18-21(2)3)30-14-16-32-17-15-30)28-11-10-24-27-12-13-31(24)20-22-8-6-5-7-9-22/h5-9,12-13,21,23H,4,10-11,14-20H2,1-3H3,(H2,26,28,29). The Hall–Kier alpha value is -2.38. The van der Waals surface area contributed by atoms with Gasteiger partial charge in [0.1, 0.15) is 5.82 Å². The van der Waals surface area contributed by atoms with Crippen LogP contribution < -0.4 is 10.6 Å². The minimum Gasteiger partial charge on any atom is -0.379 e. The molecule has 32 heavy (non-hydrogen) atoms. The van der Waals surface area contributed by atoms with Gasteiger partial charge in [0.05, 0.1) is 19.8 Å². The van der Waals surface area contributed by atoms with Crippen LogP contribution in [0.15, 0.2) is 47.7 Å². The summed E-state index contributed by atoms with van der Waals surface area (Å²) in [6, 6.07) is 11.0. The highest BCUT2D eigenvalue weighted by Crippen LogP contribution is 2.14. The van der Waals surface area contributed by atoms with E-state index in [0.717, 1.165) is 77.1 Å². The van der Waals surface area contributed by atoms with E-state index >= 15 is 0 Å². The molecule has 1 aromatic heterocycles. The zero-order chi connectivity index (χ0) is 22.6. The molecule has 3 rings (SSSR count). The number of hydrogen-bond donors (Lipinski definition) is 2. The van der Waals surface area contributed by atoms with E-state index in [1.807, 2.05) is 6.20 Å². The first-order chi connectivity index (χ1) is 15.7. The highest BCUT2D eigenvalue weighted by molar-refractivity contribution is 5.79. The number of aromatic nitrogens is 2. The number of imidazole rings is 1. The summed E-state index contributed by atoms with van der Waals surface area (Å²) in [6.45, 7) is 13.6. The number of rotatable bonds is 11. The average Bonchev–Trinajstić information content (AvgIpc) is 3.24. The first kappa shape index (κ1) is 24.3. The predicted molar refractivity (Wildman–Crippen MR) is 131 cm³/mol. The summed E-state index contributed by atoms with van der Waals surface area (Å²) >= 11 is 0. The molecule has 1 aromatic carbocycles. The molecule has 0 bridgehead atoms. The van der Waals surface area contributed by atoms with Crippen LogP contribution in [0.2, 0.25) is 0 Å². The average molecular weight is 441 g/mol. The minimum atomic E-state index is 0.458. The summed E-state index contributed by atoms with van der Waals surface area (Å²) < 4.78 is 7.76. The fourth-order valence-corrected chi connectivity index (χ4v) is 4.15. The molecular formula is C25H40N6O. The normalized spacial score (nSPS) is 16.3. The number of nitrogens with one attached hydrogen (secondary N) is 2. The van der Waals surface area contributed by atoms with Gasteiger partial charge in [0.2, 0.25) is 0 Å². The molecule has 1 aliphatic heterocycles. The zero-order valence-electron chi connectivity index (χ0n) is 20.0. The smallest absolute Gasteiger partial charge is 0.191 e. The van der Waals surface area contributed by atoms with Crippen molar-refractivity contribution in [2.45, 2.75) is 46.2 Å². The van der Waals surface area contributed by atoms with Crippen molar-refractivity contribution in [2.75, 3.05) is 45.9 Å². The lowest BCUT2D eigenvalue weighted by molar-refractivity contribution is 0.0143. The Kier molecular flexibility index (Phi) is 10.0. The first-order valence-electron chi connectivity index (χ1n) is 12.0. The highest BCUT2D eigenvalue weighted by Gasteiger charge is 2.21. The van der Waals surface area contributed by atoms with Gasteiger partial charge in [0.25, 0.3) is 0 Å². The topological polar surface area (TPSA) is 66.7 Å². The summed E-state index contributed by atoms with van der Waals surface area (Å²) in [5.41, 5.74) is 1.29. The second-order valence-corrected chi connectivity index (χ2v) is 8.79. The first-order valence-corrected chi connectivity index (χ1v) is 12.0. The van der Waals surface area contributed by atoms with Gasteiger partial charge in [-0.05, 0) is 24.8 Å². The van der Waals surface area contributed by atoms with E-state index in [1.165, 1.54) is 5.56 Å². The lowest BCUT2D eigenvalue weighted by Gasteiger charge is -2.34. The zero-order valence-corrected chi connectivity index (χ0v) is 20.0. The maximum absolute atomic E-state index is 5.54. The maximum Gasteiger partial charge on any atom is 0.191 e. The van der Waals surface area contributed by atoms with Gasteiger partial charge in [-0.15, -0.1) is 0 Å². The third kappa shape index (κ3) is 7.95. The van der Waals surface area contributed by atoms with Crippen LogP contribution in [-0.2, 0) is 17.7 Å². The summed E-state index contributed by atoms with van der Waals surface area (Å²) in [4.78, 5) is 12.0. The molecule has 0 aliphatic carbocycles. The van der Waals surface area contributed by atoms with Crippen LogP contribution in [-0.4, -0.2) is 72.4 Å². The van der Waals surface area contributed by atoms with Crippen molar-refractivity contribution >= 4 is 5.96 Å². The predicted octanol–water partition coefficient (Wildman–Crippen LogP) is 2.78. The number of morpholine rings is 1. The van der Waals surface area contributed by atoms with Gasteiger partial charge in [0.15, 0.2) is 5.96 Å². The SMILES string of the molecule is CCNC(=NCC(CC(C)C)N1CCOCC1)NCCc1nccn1Cc1ccccc1. The van der Waals surface area contributed by atoms with Gasteiger partial charge in [0, 0.05) is 57.6 Å². The molecule has 1 saturated heterocycles. The van der Waals surface area contributed by atoms with Gasteiger partial charge >= 0.3 is 0 Å². The van der Waals surface area contributed by atoms with Crippen molar-refractivity contribution in [3.05, 3.63) is 54.1 Å². The second kappa shape index (κ2) is 13.2. The summed E-state index contributed by atoms with van der Waals surface area (Å²) in [6.07, 6.45) is 5.94. The fraction of sp³-hybridized carbons (Fsp3) is 0.600. The largest absolute Gasteiger partial charge is 0.379 e. The van der Waals surface area contributed by atoms with Gasteiger partial charge < -0.3 is 19.9 Å². The van der Waals surface area contributed by atoms with Crippen LogP contribution in [0.1, 0.15) is 38.6 Å². The summed E-state index contributed by atoms with van der Waals surface area (Å²) in [5, 5.41) is 6.90. The summed E-state index contributed by atoms with van der Waals surface area (Å²) in [5.74, 6) is 2.62. The Labute approximate surface area is 193 Å². The third-order valence-electron chi connectivity index (χ3n) is 5.75. The molecule has 1 atom stereocenters. The van der Waals surface area contributed by atoms with E-state index in [0.29, 0.717) is 12.0 Å². The Balaban J connectivity index is 1.54. The van der Waals surface area contributed by atoms with E-state index in [1.54, 1.807) is 0 Å². The van der Waals surface area contributed by atoms with Crippen LogP contribution in [0.3, 0.4) is 0 Å². The van der Waals surface area contributed by atoms with E-state index in [4.69, 9.17) is 9.73 Å². The highest BCUT2D eigenvalue weighted by atomic mass is 16.5. The van der Waals surface area contributed by atoms with Crippen LogP contribution in [0.25, 0.3) is 0 Å². The molecule has 7 heteroatoms. The van der Waals surface area contributed by atoms with E-state index in [-0.39, 0.29) is 0 Å². The van der Waals surface area contributed by atoms with Crippen molar-refractivity contribution in [1.29, 1.82) is 0 Å². The molecule has 1 fully saturated rings. The molecule has 0 radical (unpaired) electrons. The van der Waals surface area contributed by atoms with Crippen molar-refractivity contribution in [3.63, 3.8) is 0 Å². The minimum absolute atomic E-state index is 0.458. The number of nitrogens with zero attached hydrogens (tertiary/aromatic N) is 4. The number of benzene rings is 1. The monoisotopic (exact) mass is 440 g/mol. The van der Waals surface area contributed by atoms with Crippen molar-refractivity contribution < 1.29 is 4.74 Å². The molecule has 7 nitrogen and oxygen atoms in total. The second-order valence-electron chi connectivity index (χ2n) is 8.79. The lowest BCUT2D eigenvalue weighted by Crippen LogP contribution is -2.46.